The standard InChI is InChI=1S/C15H17N3O2S2/c1-10(19)16-13-5-3-4-12(6-13)7-21-8-14-9-22-15(18-14)17-11(2)20/h3-6,9H,7-8H2,1-2H3,(H,16,19)(H,17,18,20). The van der Waals surface area contributed by atoms with E-state index in [-0.39, 0.29) is 11.8 Å². The van der Waals surface area contributed by atoms with Crippen LogP contribution in [0.4, 0.5) is 10.8 Å². The van der Waals surface area contributed by atoms with Gasteiger partial charge in [0.2, 0.25) is 11.8 Å². The lowest BCUT2D eigenvalue weighted by Crippen LogP contribution is -2.05. The Hall–Kier alpha value is -1.86. The topological polar surface area (TPSA) is 71.1 Å². The van der Waals surface area contributed by atoms with Gasteiger partial charge in [-0.25, -0.2) is 4.98 Å². The van der Waals surface area contributed by atoms with Crippen molar-refractivity contribution in [1.82, 2.24) is 4.98 Å². The van der Waals surface area contributed by atoms with E-state index in [2.05, 4.69) is 15.6 Å². The number of thioether (sulfide) groups is 1. The number of hydrogen-bond donors (Lipinski definition) is 2. The molecule has 0 saturated heterocycles. The third-order valence-electron chi connectivity index (χ3n) is 2.60. The molecule has 0 aliphatic carbocycles. The minimum Gasteiger partial charge on any atom is -0.326 e. The molecule has 22 heavy (non-hydrogen) atoms. The van der Waals surface area contributed by atoms with Crippen molar-refractivity contribution >= 4 is 45.7 Å². The molecule has 0 atom stereocenters. The van der Waals surface area contributed by atoms with Gasteiger partial charge in [0.15, 0.2) is 5.13 Å². The third kappa shape index (κ3) is 5.50. The molecule has 1 aromatic heterocycles. The summed E-state index contributed by atoms with van der Waals surface area (Å²) in [7, 11) is 0. The number of benzene rings is 1. The summed E-state index contributed by atoms with van der Waals surface area (Å²) >= 11 is 3.17. The van der Waals surface area contributed by atoms with Gasteiger partial charge in [-0.15, -0.1) is 11.3 Å². The van der Waals surface area contributed by atoms with Crippen molar-refractivity contribution in [3.63, 3.8) is 0 Å². The fourth-order valence-electron chi connectivity index (χ4n) is 1.80. The summed E-state index contributed by atoms with van der Waals surface area (Å²) in [5.41, 5.74) is 2.91. The van der Waals surface area contributed by atoms with Gasteiger partial charge in [-0.05, 0) is 17.7 Å². The van der Waals surface area contributed by atoms with E-state index >= 15 is 0 Å². The molecule has 1 heterocycles. The Labute approximate surface area is 137 Å². The molecule has 0 spiro atoms. The molecule has 2 amide bonds. The second-order valence-corrected chi connectivity index (χ2v) is 6.54. The molecule has 0 saturated carbocycles. The molecule has 2 rings (SSSR count). The van der Waals surface area contributed by atoms with Gasteiger partial charge in [-0.2, -0.15) is 11.8 Å². The van der Waals surface area contributed by atoms with Gasteiger partial charge in [-0.3, -0.25) is 9.59 Å². The Morgan fingerprint density at radius 1 is 1.18 bits per heavy atom. The quantitative estimate of drug-likeness (QED) is 0.847. The first-order valence-corrected chi connectivity index (χ1v) is 8.72. The van der Waals surface area contributed by atoms with Crippen molar-refractivity contribution in [1.29, 1.82) is 0 Å². The number of rotatable bonds is 6. The van der Waals surface area contributed by atoms with Crippen molar-refractivity contribution in [2.45, 2.75) is 25.4 Å². The molecule has 0 bridgehead atoms. The first kappa shape index (κ1) is 16.5. The Morgan fingerprint density at radius 3 is 2.68 bits per heavy atom. The van der Waals surface area contributed by atoms with E-state index in [0.29, 0.717) is 5.13 Å². The Bertz CT molecular complexity index is 670. The molecular weight excluding hydrogens is 318 g/mol. The van der Waals surface area contributed by atoms with Gasteiger partial charge in [0.05, 0.1) is 5.69 Å². The molecule has 2 N–H and O–H groups in total. The molecule has 0 aliphatic heterocycles. The normalized spacial score (nSPS) is 10.3. The van der Waals surface area contributed by atoms with Crippen molar-refractivity contribution in [2.75, 3.05) is 10.6 Å². The van der Waals surface area contributed by atoms with Crippen LogP contribution in [0.2, 0.25) is 0 Å². The number of anilines is 2. The largest absolute Gasteiger partial charge is 0.326 e. The average Bonchev–Trinajstić information content (AvgIpc) is 2.85. The molecule has 0 unspecified atom stereocenters. The Kier molecular flexibility index (Phi) is 5.97. The van der Waals surface area contributed by atoms with Crippen LogP contribution in [0.25, 0.3) is 0 Å². The van der Waals surface area contributed by atoms with E-state index < -0.39 is 0 Å². The van der Waals surface area contributed by atoms with Crippen LogP contribution in [0.3, 0.4) is 0 Å². The molecule has 0 fully saturated rings. The van der Waals surface area contributed by atoms with Crippen LogP contribution in [0.5, 0.6) is 0 Å². The Morgan fingerprint density at radius 2 is 1.95 bits per heavy atom. The minimum absolute atomic E-state index is 0.0715. The van der Waals surface area contributed by atoms with Crippen molar-refractivity contribution in [2.24, 2.45) is 0 Å². The fraction of sp³-hybridized carbons (Fsp3) is 0.267. The number of amides is 2. The van der Waals surface area contributed by atoms with Gasteiger partial charge in [0.1, 0.15) is 0 Å². The average molecular weight is 335 g/mol. The van der Waals surface area contributed by atoms with E-state index in [0.717, 1.165) is 28.5 Å². The SMILES string of the molecule is CC(=O)Nc1cccc(CSCc2csc(NC(C)=O)n2)c1. The third-order valence-corrected chi connectivity index (χ3v) is 4.44. The first-order valence-electron chi connectivity index (χ1n) is 6.69. The molecule has 1 aromatic carbocycles. The summed E-state index contributed by atoms with van der Waals surface area (Å²) < 4.78 is 0. The minimum atomic E-state index is -0.108. The zero-order valence-electron chi connectivity index (χ0n) is 12.4. The highest BCUT2D eigenvalue weighted by Crippen LogP contribution is 2.23. The number of hydrogen-bond acceptors (Lipinski definition) is 5. The number of nitrogens with zero attached hydrogens (tertiary/aromatic N) is 1. The molecule has 0 aliphatic rings. The van der Waals surface area contributed by atoms with Crippen LogP contribution in [-0.2, 0) is 21.1 Å². The zero-order valence-corrected chi connectivity index (χ0v) is 14.0. The predicted octanol–water partition coefficient (Wildman–Crippen LogP) is 3.49. The van der Waals surface area contributed by atoms with E-state index in [1.807, 2.05) is 29.6 Å². The van der Waals surface area contributed by atoms with Gasteiger partial charge in [0.25, 0.3) is 0 Å². The van der Waals surface area contributed by atoms with E-state index in [1.165, 1.54) is 25.2 Å². The summed E-state index contributed by atoms with van der Waals surface area (Å²) in [5, 5.41) is 8.04. The molecule has 7 heteroatoms. The fourth-order valence-corrected chi connectivity index (χ4v) is 3.53. The maximum absolute atomic E-state index is 11.0. The maximum Gasteiger partial charge on any atom is 0.223 e. The highest BCUT2D eigenvalue weighted by Gasteiger charge is 2.04. The van der Waals surface area contributed by atoms with Crippen LogP contribution >= 0.6 is 23.1 Å². The predicted molar refractivity (Wildman–Crippen MR) is 92.2 cm³/mol. The van der Waals surface area contributed by atoms with Crippen LogP contribution < -0.4 is 10.6 Å². The number of aromatic nitrogens is 1. The highest BCUT2D eigenvalue weighted by atomic mass is 32.2. The molecule has 5 nitrogen and oxygen atoms in total. The van der Waals surface area contributed by atoms with Gasteiger partial charge in [0, 0.05) is 36.4 Å². The monoisotopic (exact) mass is 335 g/mol. The van der Waals surface area contributed by atoms with Gasteiger partial charge >= 0.3 is 0 Å². The van der Waals surface area contributed by atoms with E-state index in [4.69, 9.17) is 0 Å². The van der Waals surface area contributed by atoms with E-state index in [9.17, 15) is 9.59 Å². The van der Waals surface area contributed by atoms with E-state index in [1.54, 1.807) is 11.8 Å². The van der Waals surface area contributed by atoms with Crippen molar-refractivity contribution in [3.8, 4) is 0 Å². The second kappa shape index (κ2) is 7.95. The number of carbonyl (C=O) groups excluding carboxylic acids is 2. The lowest BCUT2D eigenvalue weighted by atomic mass is 10.2. The van der Waals surface area contributed by atoms with Crippen molar-refractivity contribution in [3.05, 3.63) is 40.9 Å². The summed E-state index contributed by atoms with van der Waals surface area (Å²) in [4.78, 5) is 26.3. The van der Waals surface area contributed by atoms with Gasteiger partial charge in [-0.1, -0.05) is 12.1 Å². The number of carbonyl (C=O) groups is 2. The lowest BCUT2D eigenvalue weighted by molar-refractivity contribution is -0.115. The second-order valence-electron chi connectivity index (χ2n) is 4.70. The summed E-state index contributed by atoms with van der Waals surface area (Å²) in [6.07, 6.45) is 0. The van der Waals surface area contributed by atoms with Gasteiger partial charge < -0.3 is 10.6 Å². The first-order chi connectivity index (χ1) is 10.5. The molecular formula is C15H17N3O2S2. The highest BCUT2D eigenvalue weighted by molar-refractivity contribution is 7.97. The van der Waals surface area contributed by atoms with Crippen LogP contribution in [0.1, 0.15) is 25.1 Å². The number of thiazole rings is 1. The van der Waals surface area contributed by atoms with Crippen LogP contribution in [0.15, 0.2) is 29.6 Å². The molecule has 116 valence electrons. The van der Waals surface area contributed by atoms with Crippen molar-refractivity contribution < 1.29 is 9.59 Å². The summed E-state index contributed by atoms with van der Waals surface area (Å²) in [6.45, 7) is 2.97. The summed E-state index contributed by atoms with van der Waals surface area (Å²) in [5.74, 6) is 1.43. The maximum atomic E-state index is 11.0. The number of nitrogens with one attached hydrogen (secondary N) is 2. The van der Waals surface area contributed by atoms with Crippen LogP contribution in [0, 0.1) is 0 Å². The smallest absolute Gasteiger partial charge is 0.223 e. The Balaban J connectivity index is 1.84. The lowest BCUT2D eigenvalue weighted by Gasteiger charge is -2.05. The zero-order chi connectivity index (χ0) is 15.9. The molecule has 2 aromatic rings. The van der Waals surface area contributed by atoms with Crippen LogP contribution in [-0.4, -0.2) is 16.8 Å². The molecule has 0 radical (unpaired) electrons. The summed E-state index contributed by atoms with van der Waals surface area (Å²) in [6, 6.07) is 7.80.